The average molecular weight is 1270 g/mol. The van der Waals surface area contributed by atoms with E-state index in [-0.39, 0.29) is 36.7 Å². The molecule has 0 aliphatic carbocycles. The maximum atomic E-state index is 14.0. The maximum Gasteiger partial charge on any atom is 0.223 e. The van der Waals surface area contributed by atoms with Crippen LogP contribution in [-0.2, 0) is 23.8 Å². The zero-order valence-electron chi connectivity index (χ0n) is 58.7. The third-order valence-corrected chi connectivity index (χ3v) is 19.9. The number of ether oxygens (including phenoxy) is 3. The van der Waals surface area contributed by atoms with Crippen LogP contribution in [0.5, 0.6) is 0 Å². The Kier molecular flexibility index (Phi) is 55.6. The zero-order chi connectivity index (χ0) is 64.6. The number of carbonyl (C=O) groups is 2. The molecule has 2 rings (SSSR count). The molecule has 0 bridgehead atoms. The van der Waals surface area contributed by atoms with Crippen LogP contribution < -0.4 is 10.6 Å². The lowest BCUT2D eigenvalue weighted by atomic mass is 9.92. The minimum atomic E-state index is -1.77. The Bertz CT molecular complexity index is 1390. The molecule has 13 heteroatoms. The van der Waals surface area contributed by atoms with Crippen molar-refractivity contribution < 1.29 is 54.4 Å². The highest BCUT2D eigenvalue weighted by Gasteiger charge is 2.50. The highest BCUT2D eigenvalue weighted by Crippen LogP contribution is 2.30. The molecule has 2 aliphatic rings. The Morgan fingerprint density at radius 2 is 0.461 bits per heavy atom. The molecule has 2 amide bonds. The molecule has 2 aliphatic heterocycles. The molecule has 8 N–H and O–H groups in total. The number of aliphatic hydroxyl groups is 6. The fourth-order valence-corrected chi connectivity index (χ4v) is 13.7. The number of carbonyl (C=O) groups excluding carboxylic acids is 2. The minimum absolute atomic E-state index is 0.124. The quantitative estimate of drug-likeness (QED) is 0.0269. The summed E-state index contributed by atoms with van der Waals surface area (Å²) in [5.41, 5.74) is 0. The van der Waals surface area contributed by atoms with E-state index in [1.54, 1.807) is 0 Å². The molecule has 0 aromatic rings. The molecule has 2 fully saturated rings. The van der Waals surface area contributed by atoms with E-state index >= 15 is 0 Å². The fourth-order valence-electron chi connectivity index (χ4n) is 13.7. The number of nitrogens with one attached hydrogen (secondary N) is 2. The van der Waals surface area contributed by atoms with E-state index in [0.29, 0.717) is 0 Å². The molecule has 0 saturated carbocycles. The van der Waals surface area contributed by atoms with E-state index in [9.17, 15) is 40.2 Å². The number of aliphatic hydroxyl groups excluding tert-OH is 6. The van der Waals surface area contributed by atoms with Crippen molar-refractivity contribution in [1.82, 2.24) is 10.6 Å². The van der Waals surface area contributed by atoms with Gasteiger partial charge in [0, 0.05) is 24.9 Å². The van der Waals surface area contributed by atoms with E-state index in [1.807, 2.05) is 0 Å². The van der Waals surface area contributed by atoms with E-state index in [4.69, 9.17) is 14.2 Å². The smallest absolute Gasteiger partial charge is 0.223 e. The summed E-state index contributed by atoms with van der Waals surface area (Å²) >= 11 is 0. The lowest BCUT2D eigenvalue weighted by Crippen LogP contribution is -2.65. The van der Waals surface area contributed by atoms with Crippen molar-refractivity contribution in [3.8, 4) is 0 Å². The first-order valence-corrected chi connectivity index (χ1v) is 39.1. The van der Waals surface area contributed by atoms with Gasteiger partial charge in [-0.3, -0.25) is 9.59 Å². The zero-order valence-corrected chi connectivity index (χ0v) is 58.7. The third kappa shape index (κ3) is 42.6. The minimum Gasteiger partial charge on any atom is -0.388 e. The first kappa shape index (κ1) is 83.7. The van der Waals surface area contributed by atoms with Crippen LogP contribution in [0.25, 0.3) is 0 Å². The summed E-state index contributed by atoms with van der Waals surface area (Å²) in [5, 5.41) is 72.9. The van der Waals surface area contributed by atoms with Crippen LogP contribution >= 0.6 is 0 Å². The predicted octanol–water partition coefficient (Wildman–Crippen LogP) is 18.0. The lowest BCUT2D eigenvalue weighted by Gasteiger charge is -2.45. The molecular weight excluding hydrogens is 1120 g/mol. The number of hydrogen-bond donors (Lipinski definition) is 8. The Balaban J connectivity index is 1.98. The van der Waals surface area contributed by atoms with Crippen molar-refractivity contribution >= 4 is 11.8 Å². The second-order valence-corrected chi connectivity index (χ2v) is 28.2. The number of rotatable bonds is 64. The fraction of sp³-hybridized carbons (Fsp3) is 0.974. The van der Waals surface area contributed by atoms with Gasteiger partial charge in [-0.1, -0.05) is 362 Å². The van der Waals surface area contributed by atoms with Crippen LogP contribution in [0.15, 0.2) is 0 Å². The van der Waals surface area contributed by atoms with Crippen molar-refractivity contribution in [2.24, 2.45) is 11.8 Å². The van der Waals surface area contributed by atoms with Gasteiger partial charge < -0.3 is 55.5 Å². The molecule has 89 heavy (non-hydrogen) atoms. The number of amides is 2. The molecule has 2 saturated heterocycles. The second kappa shape index (κ2) is 59.1. The normalized spacial score (nSPS) is 22.2. The van der Waals surface area contributed by atoms with E-state index < -0.39 is 61.4 Å². The second-order valence-electron chi connectivity index (χ2n) is 28.2. The van der Waals surface area contributed by atoms with Gasteiger partial charge >= 0.3 is 0 Å². The van der Waals surface area contributed by atoms with Crippen LogP contribution in [0.2, 0.25) is 0 Å². The largest absolute Gasteiger partial charge is 0.388 e. The van der Waals surface area contributed by atoms with Gasteiger partial charge in [0.1, 0.15) is 48.8 Å². The topological polar surface area (TPSA) is 207 Å². The van der Waals surface area contributed by atoms with Gasteiger partial charge in [0.15, 0.2) is 12.6 Å². The summed E-state index contributed by atoms with van der Waals surface area (Å²) in [6, 6.07) is 0. The van der Waals surface area contributed by atoms with Crippen molar-refractivity contribution in [3.63, 3.8) is 0 Å². The van der Waals surface area contributed by atoms with Crippen LogP contribution in [0.1, 0.15) is 387 Å². The summed E-state index contributed by atoms with van der Waals surface area (Å²) in [6.45, 7) is 8.75. The van der Waals surface area contributed by atoms with Gasteiger partial charge in [-0.05, 0) is 25.7 Å². The highest BCUT2D eigenvalue weighted by atomic mass is 16.8. The van der Waals surface area contributed by atoms with Crippen molar-refractivity contribution in [1.29, 1.82) is 0 Å². The average Bonchev–Trinajstić information content (AvgIpc) is 2.35. The van der Waals surface area contributed by atoms with Gasteiger partial charge in [0.25, 0.3) is 0 Å². The Labute approximate surface area is 548 Å². The summed E-state index contributed by atoms with van der Waals surface area (Å²) in [4.78, 5) is 28.0. The molecule has 4 unspecified atom stereocenters. The predicted molar refractivity (Wildman–Crippen MR) is 369 cm³/mol. The van der Waals surface area contributed by atoms with Crippen molar-refractivity contribution in [2.45, 2.75) is 449 Å². The van der Waals surface area contributed by atoms with Crippen LogP contribution in [0.3, 0.4) is 0 Å². The third-order valence-electron chi connectivity index (χ3n) is 19.9. The highest BCUT2D eigenvalue weighted by molar-refractivity contribution is 5.79. The van der Waals surface area contributed by atoms with Gasteiger partial charge in [-0.2, -0.15) is 0 Å². The number of hydrogen-bond acceptors (Lipinski definition) is 11. The van der Waals surface area contributed by atoms with Gasteiger partial charge in [0.05, 0.1) is 0 Å². The van der Waals surface area contributed by atoms with Gasteiger partial charge in [0.2, 0.25) is 11.8 Å². The molecule has 0 spiro atoms. The van der Waals surface area contributed by atoms with Crippen LogP contribution in [0.4, 0.5) is 0 Å². The van der Waals surface area contributed by atoms with Gasteiger partial charge in [-0.25, -0.2) is 0 Å². The molecule has 10 atom stereocenters. The molecule has 13 nitrogen and oxygen atoms in total. The van der Waals surface area contributed by atoms with Crippen molar-refractivity contribution in [2.75, 3.05) is 13.1 Å². The Morgan fingerprint density at radius 3 is 0.652 bits per heavy atom. The first-order valence-electron chi connectivity index (χ1n) is 39.1. The monoisotopic (exact) mass is 1270 g/mol. The summed E-state index contributed by atoms with van der Waals surface area (Å²) in [7, 11) is 0. The summed E-state index contributed by atoms with van der Waals surface area (Å²) < 4.78 is 18.1. The summed E-state index contributed by atoms with van der Waals surface area (Å²) in [6.07, 6.45) is 52.8. The molecule has 0 radical (unpaired) electrons. The SMILES string of the molecule is CCCCCCCCCCCCCCCC(CCCCCCCCCCCCCCC)C(=O)NCC1O[C@H](O[C@H]2OC(CNC(=O)C(CCCCCCCCCCCCCCC)CCCCCCCCCCCCCCC)[C@@H](O)[C@H](O)C2O)C(O)[C@@H](O)[C@@H]1O. The lowest BCUT2D eigenvalue weighted by molar-refractivity contribution is -0.372. The standard InChI is InChI=1S/C76H148N2O11/c1-5-9-13-17-21-25-29-33-37-41-45-49-53-57-63(58-54-50-46-42-38-34-30-26-22-18-14-10-6-2)73(85)77-61-65-67(79)69(81)71(83)75(87-65)89-76-72(84)70(82)68(80)66(88-76)62-78-74(86)64(59-55-51-47-43-39-35-31-27-23-19-15-11-7-3)60-56-52-48-44-40-36-32-28-24-20-16-12-8-4/h63-72,75-76,79-84H,5-62H2,1-4H3,(H,77,85)(H,78,86)/t65?,66?,67-,68-,69+,70+,71?,72?,75-,76-/m1/s1. The Hall–Kier alpha value is -1.42. The first-order chi connectivity index (χ1) is 43.5. The van der Waals surface area contributed by atoms with Crippen LogP contribution in [-0.4, -0.2) is 117 Å². The molecule has 2 heterocycles. The van der Waals surface area contributed by atoms with E-state index in [0.717, 1.165) is 103 Å². The van der Waals surface area contributed by atoms with Gasteiger partial charge in [-0.15, -0.1) is 0 Å². The Morgan fingerprint density at radius 1 is 0.281 bits per heavy atom. The summed E-state index contributed by atoms with van der Waals surface area (Å²) in [5.74, 6) is -0.659. The molecular formula is C76H148N2O11. The molecule has 0 aromatic carbocycles. The van der Waals surface area contributed by atoms with Crippen LogP contribution in [0, 0.1) is 11.8 Å². The van der Waals surface area contributed by atoms with Crippen molar-refractivity contribution in [3.05, 3.63) is 0 Å². The molecule has 528 valence electrons. The molecule has 0 aromatic heterocycles. The van der Waals surface area contributed by atoms with E-state index in [1.165, 1.54) is 257 Å². The maximum absolute atomic E-state index is 14.0. The number of unbranched alkanes of at least 4 members (excludes halogenated alkanes) is 48. The van der Waals surface area contributed by atoms with E-state index in [2.05, 4.69) is 38.3 Å².